The van der Waals surface area contributed by atoms with Gasteiger partial charge in [0.05, 0.1) is 16.6 Å². The summed E-state index contributed by atoms with van der Waals surface area (Å²) in [4.78, 5) is 7.51. The monoisotopic (exact) mass is 190 g/mol. The van der Waals surface area contributed by atoms with Crippen molar-refractivity contribution in [2.45, 2.75) is 26.4 Å². The number of nitrogens with one attached hydrogen (secondary N) is 1. The second-order valence-corrected chi connectivity index (χ2v) is 4.08. The van der Waals surface area contributed by atoms with E-state index in [1.807, 2.05) is 25.1 Å². The quantitative estimate of drug-likeness (QED) is 0.723. The molecule has 14 heavy (non-hydrogen) atoms. The first-order chi connectivity index (χ1) is 6.48. The third-order valence-corrected chi connectivity index (χ3v) is 2.29. The number of fused-ring (bicyclic) bond motifs is 1. The summed E-state index contributed by atoms with van der Waals surface area (Å²) >= 11 is 0. The summed E-state index contributed by atoms with van der Waals surface area (Å²) in [6, 6.07) is 5.79. The van der Waals surface area contributed by atoms with Crippen molar-refractivity contribution >= 4 is 11.0 Å². The second-order valence-electron chi connectivity index (χ2n) is 4.08. The maximum atomic E-state index is 9.94. The highest BCUT2D eigenvalue weighted by atomic mass is 16.3. The highest BCUT2D eigenvalue weighted by Gasteiger charge is 2.20. The average molecular weight is 190 g/mol. The van der Waals surface area contributed by atoms with Gasteiger partial charge in [0.15, 0.2) is 0 Å². The van der Waals surface area contributed by atoms with Crippen LogP contribution >= 0.6 is 0 Å². The zero-order valence-electron chi connectivity index (χ0n) is 8.63. The molecule has 0 fully saturated rings. The number of hydrogen-bond acceptors (Lipinski definition) is 2. The molecule has 0 bridgehead atoms. The average Bonchev–Trinajstić information content (AvgIpc) is 2.41. The molecule has 0 saturated carbocycles. The van der Waals surface area contributed by atoms with Crippen molar-refractivity contribution in [3.8, 4) is 0 Å². The second kappa shape index (κ2) is 2.82. The summed E-state index contributed by atoms with van der Waals surface area (Å²) in [6.07, 6.45) is 0. The number of aliphatic hydroxyl groups is 1. The van der Waals surface area contributed by atoms with E-state index in [2.05, 4.69) is 9.97 Å². The Labute approximate surface area is 82.8 Å². The normalized spacial score (nSPS) is 12.3. The van der Waals surface area contributed by atoms with Crippen LogP contribution in [-0.4, -0.2) is 15.1 Å². The topological polar surface area (TPSA) is 48.9 Å². The van der Waals surface area contributed by atoms with Gasteiger partial charge in [0, 0.05) is 5.56 Å². The van der Waals surface area contributed by atoms with Gasteiger partial charge >= 0.3 is 0 Å². The zero-order chi connectivity index (χ0) is 10.3. The van der Waals surface area contributed by atoms with Gasteiger partial charge < -0.3 is 10.1 Å². The van der Waals surface area contributed by atoms with Crippen LogP contribution in [0.25, 0.3) is 11.0 Å². The highest BCUT2D eigenvalue weighted by Crippen LogP contribution is 2.26. The highest BCUT2D eigenvalue weighted by molar-refractivity contribution is 5.79. The van der Waals surface area contributed by atoms with Crippen molar-refractivity contribution in [3.05, 3.63) is 29.6 Å². The summed E-state index contributed by atoms with van der Waals surface area (Å²) < 4.78 is 0. The van der Waals surface area contributed by atoms with Crippen LogP contribution in [0.5, 0.6) is 0 Å². The molecule has 74 valence electrons. The first-order valence-electron chi connectivity index (χ1n) is 4.66. The molecule has 2 aromatic rings. The summed E-state index contributed by atoms with van der Waals surface area (Å²) in [7, 11) is 0. The fourth-order valence-corrected chi connectivity index (χ4v) is 1.65. The van der Waals surface area contributed by atoms with Gasteiger partial charge in [-0.05, 0) is 26.8 Å². The van der Waals surface area contributed by atoms with Gasteiger partial charge in [0.25, 0.3) is 0 Å². The lowest BCUT2D eigenvalue weighted by Crippen LogP contribution is -2.15. The van der Waals surface area contributed by atoms with Crippen molar-refractivity contribution in [2.24, 2.45) is 0 Å². The molecule has 1 aromatic carbocycles. The molecule has 1 heterocycles. The van der Waals surface area contributed by atoms with Crippen LogP contribution in [0, 0.1) is 6.92 Å². The number of benzene rings is 1. The lowest BCUT2D eigenvalue weighted by atomic mass is 9.97. The van der Waals surface area contributed by atoms with E-state index in [-0.39, 0.29) is 0 Å². The van der Waals surface area contributed by atoms with Crippen molar-refractivity contribution in [1.29, 1.82) is 0 Å². The predicted molar refractivity (Wildman–Crippen MR) is 56.1 cm³/mol. The first-order valence-corrected chi connectivity index (χ1v) is 4.66. The number of rotatable bonds is 1. The van der Waals surface area contributed by atoms with E-state index < -0.39 is 5.60 Å². The van der Waals surface area contributed by atoms with Crippen LogP contribution in [0.2, 0.25) is 0 Å². The number of aryl methyl sites for hydroxylation is 1. The molecule has 0 atom stereocenters. The molecule has 0 spiro atoms. The van der Waals surface area contributed by atoms with Crippen molar-refractivity contribution in [2.75, 3.05) is 0 Å². The minimum atomic E-state index is -0.846. The number of aromatic amines is 1. The van der Waals surface area contributed by atoms with Gasteiger partial charge in [-0.15, -0.1) is 0 Å². The molecule has 0 unspecified atom stereocenters. The van der Waals surface area contributed by atoms with Gasteiger partial charge in [0.2, 0.25) is 0 Å². The van der Waals surface area contributed by atoms with E-state index >= 15 is 0 Å². The Kier molecular flexibility index (Phi) is 1.86. The minimum Gasteiger partial charge on any atom is -0.386 e. The number of aromatic nitrogens is 2. The Hall–Kier alpha value is -1.35. The van der Waals surface area contributed by atoms with Crippen LogP contribution in [-0.2, 0) is 5.60 Å². The Bertz CT molecular complexity index is 466. The Morgan fingerprint density at radius 3 is 2.71 bits per heavy atom. The van der Waals surface area contributed by atoms with Crippen molar-refractivity contribution in [3.63, 3.8) is 0 Å². The maximum absolute atomic E-state index is 9.94. The number of para-hydroxylation sites is 1. The Morgan fingerprint density at radius 1 is 1.36 bits per heavy atom. The van der Waals surface area contributed by atoms with E-state index in [1.165, 1.54) is 0 Å². The SMILES string of the molecule is Cc1nc2c(C(C)(C)O)cccc2[nH]1. The number of imidazole rings is 1. The molecule has 3 heteroatoms. The molecule has 2 N–H and O–H groups in total. The predicted octanol–water partition coefficient (Wildman–Crippen LogP) is 2.10. The van der Waals surface area contributed by atoms with Gasteiger partial charge in [-0.3, -0.25) is 0 Å². The molecule has 0 aliphatic rings. The van der Waals surface area contributed by atoms with Crippen LogP contribution in [0.1, 0.15) is 25.2 Å². The van der Waals surface area contributed by atoms with Gasteiger partial charge in [-0.25, -0.2) is 4.98 Å². The van der Waals surface area contributed by atoms with Crippen LogP contribution in [0.4, 0.5) is 0 Å². The van der Waals surface area contributed by atoms with Crippen molar-refractivity contribution < 1.29 is 5.11 Å². The zero-order valence-corrected chi connectivity index (χ0v) is 8.63. The number of H-pyrrole nitrogens is 1. The first kappa shape index (κ1) is 9.21. The third kappa shape index (κ3) is 1.40. The summed E-state index contributed by atoms with van der Waals surface area (Å²) in [6.45, 7) is 5.45. The van der Waals surface area contributed by atoms with E-state index in [1.54, 1.807) is 13.8 Å². The summed E-state index contributed by atoms with van der Waals surface area (Å²) in [5.41, 5.74) is 1.85. The van der Waals surface area contributed by atoms with Gasteiger partial charge in [-0.1, -0.05) is 12.1 Å². The van der Waals surface area contributed by atoms with E-state index in [0.29, 0.717) is 0 Å². The molecular formula is C11H14N2O. The molecule has 3 nitrogen and oxygen atoms in total. The molecule has 2 rings (SSSR count). The standard InChI is InChI=1S/C11H14N2O/c1-7-12-9-6-4-5-8(10(9)13-7)11(2,3)14/h4-6,14H,1-3H3,(H,12,13). The summed E-state index contributed by atoms with van der Waals surface area (Å²) in [5.74, 6) is 0.872. The molecule has 0 aliphatic carbocycles. The maximum Gasteiger partial charge on any atom is 0.104 e. The molecule has 0 saturated heterocycles. The molecule has 0 aliphatic heterocycles. The molecule has 0 amide bonds. The Balaban J connectivity index is 2.77. The van der Waals surface area contributed by atoms with Gasteiger partial charge in [0.1, 0.15) is 5.82 Å². The Morgan fingerprint density at radius 2 is 2.07 bits per heavy atom. The lowest BCUT2D eigenvalue weighted by molar-refractivity contribution is 0.0800. The van der Waals surface area contributed by atoms with Crippen molar-refractivity contribution in [1.82, 2.24) is 9.97 Å². The number of hydrogen-bond donors (Lipinski definition) is 2. The summed E-state index contributed by atoms with van der Waals surface area (Å²) in [5, 5.41) is 9.94. The van der Waals surface area contributed by atoms with Crippen LogP contribution < -0.4 is 0 Å². The smallest absolute Gasteiger partial charge is 0.104 e. The van der Waals surface area contributed by atoms with Crippen LogP contribution in [0.3, 0.4) is 0 Å². The van der Waals surface area contributed by atoms with E-state index in [4.69, 9.17) is 0 Å². The van der Waals surface area contributed by atoms with E-state index in [0.717, 1.165) is 22.4 Å². The molecule has 1 aromatic heterocycles. The van der Waals surface area contributed by atoms with Crippen LogP contribution in [0.15, 0.2) is 18.2 Å². The molecular weight excluding hydrogens is 176 g/mol. The third-order valence-electron chi connectivity index (χ3n) is 2.29. The molecule has 0 radical (unpaired) electrons. The lowest BCUT2D eigenvalue weighted by Gasteiger charge is -2.17. The fraction of sp³-hybridized carbons (Fsp3) is 0.364. The number of nitrogens with zero attached hydrogens (tertiary/aromatic N) is 1. The fourth-order valence-electron chi connectivity index (χ4n) is 1.65. The van der Waals surface area contributed by atoms with Gasteiger partial charge in [-0.2, -0.15) is 0 Å². The minimum absolute atomic E-state index is 0.846. The largest absolute Gasteiger partial charge is 0.386 e. The van der Waals surface area contributed by atoms with E-state index in [9.17, 15) is 5.11 Å².